The summed E-state index contributed by atoms with van der Waals surface area (Å²) in [5.41, 5.74) is 0. The fraction of sp³-hybridized carbons (Fsp3) is 1.00. The maximum atomic E-state index is 2.54. The van der Waals surface area contributed by atoms with E-state index in [-0.39, 0.29) is 0 Å². The zero-order valence-corrected chi connectivity index (χ0v) is 10.6. The highest BCUT2D eigenvalue weighted by molar-refractivity contribution is 5.05. The molecule has 3 aliphatic rings. The van der Waals surface area contributed by atoms with Crippen LogP contribution in [0.15, 0.2) is 0 Å². The zero-order valence-electron chi connectivity index (χ0n) is 10.6. The van der Waals surface area contributed by atoms with E-state index in [4.69, 9.17) is 0 Å². The van der Waals surface area contributed by atoms with Crippen molar-refractivity contribution < 1.29 is 0 Å². The van der Waals surface area contributed by atoms with Gasteiger partial charge >= 0.3 is 0 Å². The maximum Gasteiger partial charge on any atom is -0.0326 e. The average molecular weight is 206 g/mol. The molecule has 0 aromatic rings. The van der Waals surface area contributed by atoms with Crippen LogP contribution in [0.5, 0.6) is 0 Å². The Morgan fingerprint density at radius 3 is 2.27 bits per heavy atom. The zero-order chi connectivity index (χ0) is 10.6. The van der Waals surface area contributed by atoms with Gasteiger partial charge in [-0.3, -0.25) is 0 Å². The quantitative estimate of drug-likeness (QED) is 0.598. The van der Waals surface area contributed by atoms with Crippen molar-refractivity contribution in [1.82, 2.24) is 0 Å². The molecule has 0 N–H and O–H groups in total. The molecule has 3 aliphatic carbocycles. The second-order valence-electron chi connectivity index (χ2n) is 6.88. The largest absolute Gasteiger partial charge is 0.0625 e. The van der Waals surface area contributed by atoms with E-state index in [9.17, 15) is 0 Å². The second-order valence-corrected chi connectivity index (χ2v) is 6.88. The van der Waals surface area contributed by atoms with Crippen LogP contribution in [-0.4, -0.2) is 0 Å². The van der Waals surface area contributed by atoms with Crippen molar-refractivity contribution in [2.45, 2.75) is 52.9 Å². The lowest BCUT2D eigenvalue weighted by atomic mass is 9.66. The molecule has 15 heavy (non-hydrogen) atoms. The van der Waals surface area contributed by atoms with Crippen molar-refractivity contribution in [2.75, 3.05) is 0 Å². The third-order valence-electron chi connectivity index (χ3n) is 5.98. The minimum absolute atomic E-state index is 0.945. The molecule has 0 aliphatic heterocycles. The fourth-order valence-corrected chi connectivity index (χ4v) is 5.75. The molecule has 0 aromatic heterocycles. The lowest BCUT2D eigenvalue weighted by Gasteiger charge is -2.39. The lowest BCUT2D eigenvalue weighted by Crippen LogP contribution is -2.31. The number of fused-ring (bicyclic) bond motifs is 5. The van der Waals surface area contributed by atoms with E-state index in [2.05, 4.69) is 20.8 Å². The van der Waals surface area contributed by atoms with E-state index < -0.39 is 0 Å². The van der Waals surface area contributed by atoms with E-state index in [1.165, 1.54) is 12.8 Å². The van der Waals surface area contributed by atoms with Crippen molar-refractivity contribution in [3.8, 4) is 0 Å². The molecule has 0 nitrogen and oxygen atoms in total. The Morgan fingerprint density at radius 1 is 0.867 bits per heavy atom. The molecule has 86 valence electrons. The monoisotopic (exact) mass is 206 g/mol. The van der Waals surface area contributed by atoms with Gasteiger partial charge < -0.3 is 0 Å². The topological polar surface area (TPSA) is 0 Å². The van der Waals surface area contributed by atoms with Gasteiger partial charge in [0, 0.05) is 0 Å². The van der Waals surface area contributed by atoms with Crippen LogP contribution in [-0.2, 0) is 0 Å². The van der Waals surface area contributed by atoms with Crippen molar-refractivity contribution >= 4 is 0 Å². The molecule has 6 unspecified atom stereocenters. The molecule has 0 amide bonds. The molecule has 0 spiro atoms. The minimum atomic E-state index is 0.945. The van der Waals surface area contributed by atoms with Gasteiger partial charge in [-0.2, -0.15) is 0 Å². The Balaban J connectivity index is 1.88. The molecule has 0 radical (unpaired) electrons. The van der Waals surface area contributed by atoms with Gasteiger partial charge in [-0.05, 0) is 60.7 Å². The van der Waals surface area contributed by atoms with Gasteiger partial charge in [0.2, 0.25) is 0 Å². The summed E-state index contributed by atoms with van der Waals surface area (Å²) in [5, 5.41) is 0. The highest BCUT2D eigenvalue weighted by atomic mass is 14.6. The highest BCUT2D eigenvalue weighted by Gasteiger charge is 2.56. The first-order chi connectivity index (χ1) is 7.20. The normalized spacial score (nSPS) is 53.6. The standard InChI is InChI=1S/C15H26/c1-9(2)14-12-7-8-13(14)15-10(3)5-4-6-11(12)15/h9-15H,4-8H2,1-3H3. The smallest absolute Gasteiger partial charge is 0.0326 e. The Kier molecular flexibility index (Phi) is 2.37. The summed E-state index contributed by atoms with van der Waals surface area (Å²) in [4.78, 5) is 0. The summed E-state index contributed by atoms with van der Waals surface area (Å²) in [6.45, 7) is 7.48. The molecule has 3 saturated carbocycles. The molecule has 0 heteroatoms. The van der Waals surface area contributed by atoms with Gasteiger partial charge in [-0.15, -0.1) is 0 Å². The predicted molar refractivity (Wildman–Crippen MR) is 64.5 cm³/mol. The first-order valence-electron chi connectivity index (χ1n) is 7.20. The Morgan fingerprint density at radius 2 is 1.60 bits per heavy atom. The van der Waals surface area contributed by atoms with Crippen LogP contribution in [0.4, 0.5) is 0 Å². The predicted octanol–water partition coefficient (Wildman–Crippen LogP) is 4.35. The summed E-state index contributed by atoms with van der Waals surface area (Å²) in [7, 11) is 0. The SMILES string of the molecule is CC(C)C1C2CCC1C1C(C)CCCC21. The van der Waals surface area contributed by atoms with Crippen LogP contribution < -0.4 is 0 Å². The molecule has 3 fully saturated rings. The Bertz CT molecular complexity index is 242. The van der Waals surface area contributed by atoms with Gasteiger partial charge in [0.15, 0.2) is 0 Å². The number of hydrogen-bond donors (Lipinski definition) is 0. The highest BCUT2D eigenvalue weighted by Crippen LogP contribution is 2.63. The summed E-state index contributed by atoms with van der Waals surface area (Å²) in [6.07, 6.45) is 7.76. The van der Waals surface area contributed by atoms with E-state index in [0.29, 0.717) is 0 Å². The third-order valence-corrected chi connectivity index (χ3v) is 5.98. The van der Waals surface area contributed by atoms with Gasteiger partial charge in [-0.25, -0.2) is 0 Å². The van der Waals surface area contributed by atoms with E-state index in [1.54, 1.807) is 19.3 Å². The van der Waals surface area contributed by atoms with Crippen molar-refractivity contribution in [1.29, 1.82) is 0 Å². The molecule has 0 heterocycles. The van der Waals surface area contributed by atoms with E-state index >= 15 is 0 Å². The third kappa shape index (κ3) is 1.33. The Hall–Kier alpha value is 0. The van der Waals surface area contributed by atoms with Crippen LogP contribution in [0.25, 0.3) is 0 Å². The van der Waals surface area contributed by atoms with Crippen LogP contribution in [0.2, 0.25) is 0 Å². The molecule has 0 aromatic carbocycles. The summed E-state index contributed by atoms with van der Waals surface area (Å²) in [6, 6.07) is 0. The molecular formula is C15H26. The molecule has 0 saturated heterocycles. The summed E-state index contributed by atoms with van der Waals surface area (Å²) < 4.78 is 0. The molecular weight excluding hydrogens is 180 g/mol. The average Bonchev–Trinajstić information content (AvgIpc) is 2.73. The Labute approximate surface area is 94.8 Å². The van der Waals surface area contributed by atoms with Gasteiger partial charge in [-0.1, -0.05) is 33.6 Å². The fourth-order valence-electron chi connectivity index (χ4n) is 5.75. The van der Waals surface area contributed by atoms with Crippen LogP contribution >= 0.6 is 0 Å². The second kappa shape index (κ2) is 3.50. The van der Waals surface area contributed by atoms with Crippen molar-refractivity contribution in [3.05, 3.63) is 0 Å². The maximum absolute atomic E-state index is 2.54. The lowest BCUT2D eigenvalue weighted by molar-refractivity contribution is 0.103. The van der Waals surface area contributed by atoms with Crippen LogP contribution in [0, 0.1) is 41.4 Å². The van der Waals surface area contributed by atoms with Gasteiger partial charge in [0.05, 0.1) is 0 Å². The van der Waals surface area contributed by atoms with Crippen LogP contribution in [0.3, 0.4) is 0 Å². The molecule has 6 atom stereocenters. The molecule has 2 bridgehead atoms. The van der Waals surface area contributed by atoms with Crippen molar-refractivity contribution in [2.24, 2.45) is 41.4 Å². The molecule has 3 rings (SSSR count). The first-order valence-corrected chi connectivity index (χ1v) is 7.20. The summed E-state index contributed by atoms with van der Waals surface area (Å²) >= 11 is 0. The van der Waals surface area contributed by atoms with E-state index in [1.807, 2.05) is 0 Å². The van der Waals surface area contributed by atoms with Gasteiger partial charge in [0.1, 0.15) is 0 Å². The number of hydrogen-bond acceptors (Lipinski definition) is 0. The summed E-state index contributed by atoms with van der Waals surface area (Å²) in [5.74, 6) is 7.60. The van der Waals surface area contributed by atoms with E-state index in [0.717, 1.165) is 41.4 Å². The van der Waals surface area contributed by atoms with Crippen molar-refractivity contribution in [3.63, 3.8) is 0 Å². The van der Waals surface area contributed by atoms with Gasteiger partial charge in [0.25, 0.3) is 0 Å². The number of rotatable bonds is 1. The first kappa shape index (κ1) is 10.2. The van der Waals surface area contributed by atoms with Crippen LogP contribution in [0.1, 0.15) is 52.9 Å². The minimum Gasteiger partial charge on any atom is -0.0625 e.